The van der Waals surface area contributed by atoms with E-state index in [9.17, 15) is 9.59 Å². The van der Waals surface area contributed by atoms with Gasteiger partial charge < -0.3 is 9.47 Å². The Morgan fingerprint density at radius 3 is 2.60 bits per heavy atom. The van der Waals surface area contributed by atoms with Gasteiger partial charge in [-0.05, 0) is 36.1 Å². The Labute approximate surface area is 209 Å². The van der Waals surface area contributed by atoms with Gasteiger partial charge in [-0.2, -0.15) is 0 Å². The van der Waals surface area contributed by atoms with Gasteiger partial charge in [0.1, 0.15) is 18.4 Å². The quantitative estimate of drug-likeness (QED) is 0.373. The predicted molar refractivity (Wildman–Crippen MR) is 137 cm³/mol. The first-order chi connectivity index (χ1) is 17.1. The molecule has 2 aromatic heterocycles. The van der Waals surface area contributed by atoms with Gasteiger partial charge in [0.25, 0.3) is 5.56 Å². The Bertz CT molecular complexity index is 1580. The van der Waals surface area contributed by atoms with E-state index >= 15 is 0 Å². The molecule has 2 aromatic carbocycles. The molecule has 0 saturated heterocycles. The van der Waals surface area contributed by atoms with E-state index in [-0.39, 0.29) is 12.2 Å². The fraction of sp³-hybridized carbons (Fsp3) is 0.148. The number of fused-ring (bicyclic) bond motifs is 1. The minimum atomic E-state index is -0.602. The van der Waals surface area contributed by atoms with Crippen LogP contribution in [0.15, 0.2) is 93.2 Å². The van der Waals surface area contributed by atoms with Crippen LogP contribution in [0.4, 0.5) is 0 Å². The first kappa shape index (κ1) is 23.0. The van der Waals surface area contributed by atoms with Crippen molar-refractivity contribution in [3.8, 4) is 5.75 Å². The van der Waals surface area contributed by atoms with Crippen LogP contribution in [0, 0.1) is 0 Å². The lowest BCUT2D eigenvalue weighted by molar-refractivity contribution is -0.140. The SMILES string of the molecule is COc1ccccc1/C=c1/sc2n(c1=O)[C@H](c1cccs1)C(C(=O)OCc1ccccc1)=C(C)N=2. The zero-order valence-electron chi connectivity index (χ0n) is 19.1. The molecule has 0 aliphatic carbocycles. The second kappa shape index (κ2) is 9.85. The van der Waals surface area contributed by atoms with Crippen molar-refractivity contribution in [2.45, 2.75) is 19.6 Å². The van der Waals surface area contributed by atoms with E-state index in [2.05, 4.69) is 4.99 Å². The standard InChI is InChI=1S/C27H22N2O4S2/c1-17-23(26(31)33-16-18-9-4-3-5-10-18)24(21-13-8-14-34-21)29-25(30)22(35-27(29)28-17)15-19-11-6-7-12-20(19)32-2/h3-15,24H,16H2,1-2H3/b22-15+/t24-/m1/s1. The van der Waals surface area contributed by atoms with Crippen molar-refractivity contribution in [2.24, 2.45) is 4.99 Å². The van der Waals surface area contributed by atoms with Crippen molar-refractivity contribution < 1.29 is 14.3 Å². The molecular formula is C27H22N2O4S2. The summed E-state index contributed by atoms with van der Waals surface area (Å²) in [6, 6.07) is 20.3. The van der Waals surface area contributed by atoms with Crippen LogP contribution in [-0.4, -0.2) is 17.6 Å². The fourth-order valence-corrected chi connectivity index (χ4v) is 5.89. The maximum atomic E-state index is 13.6. The first-order valence-electron chi connectivity index (χ1n) is 11.0. The largest absolute Gasteiger partial charge is 0.496 e. The number of nitrogens with zero attached hydrogens (tertiary/aromatic N) is 2. The molecule has 5 rings (SSSR count). The monoisotopic (exact) mass is 502 g/mol. The lowest BCUT2D eigenvalue weighted by Crippen LogP contribution is -2.39. The van der Waals surface area contributed by atoms with Gasteiger partial charge in [-0.3, -0.25) is 9.36 Å². The van der Waals surface area contributed by atoms with Gasteiger partial charge in [-0.1, -0.05) is 65.9 Å². The van der Waals surface area contributed by atoms with Crippen LogP contribution < -0.4 is 19.6 Å². The molecular weight excluding hydrogens is 480 g/mol. The van der Waals surface area contributed by atoms with Crippen molar-refractivity contribution >= 4 is 34.7 Å². The lowest BCUT2D eigenvalue weighted by Gasteiger charge is -2.23. The number of hydrogen-bond donors (Lipinski definition) is 0. The third kappa shape index (κ3) is 4.50. The number of carbonyl (C=O) groups excluding carboxylic acids is 1. The third-order valence-corrected chi connectivity index (χ3v) is 7.60. The molecule has 3 heterocycles. The maximum absolute atomic E-state index is 13.6. The molecule has 4 aromatic rings. The van der Waals surface area contributed by atoms with Gasteiger partial charge in [0.05, 0.1) is 22.9 Å². The molecule has 0 radical (unpaired) electrons. The summed E-state index contributed by atoms with van der Waals surface area (Å²) in [6.07, 6.45) is 1.81. The number of aromatic nitrogens is 1. The summed E-state index contributed by atoms with van der Waals surface area (Å²) >= 11 is 2.79. The van der Waals surface area contributed by atoms with Gasteiger partial charge in [-0.15, -0.1) is 11.3 Å². The number of ether oxygens (including phenoxy) is 2. The number of methoxy groups -OCH3 is 1. The molecule has 0 saturated carbocycles. The Balaban J connectivity index is 1.60. The van der Waals surface area contributed by atoms with Crippen LogP contribution in [-0.2, 0) is 16.1 Å². The van der Waals surface area contributed by atoms with E-state index in [0.29, 0.717) is 26.4 Å². The highest BCUT2D eigenvalue weighted by Crippen LogP contribution is 2.33. The van der Waals surface area contributed by atoms with Crippen molar-refractivity contribution in [2.75, 3.05) is 7.11 Å². The molecule has 6 nitrogen and oxygen atoms in total. The van der Waals surface area contributed by atoms with Crippen LogP contribution in [0.25, 0.3) is 6.08 Å². The van der Waals surface area contributed by atoms with Gasteiger partial charge in [-0.25, -0.2) is 9.79 Å². The fourth-order valence-electron chi connectivity index (χ4n) is 4.03. The van der Waals surface area contributed by atoms with Crippen LogP contribution in [0.5, 0.6) is 5.75 Å². The summed E-state index contributed by atoms with van der Waals surface area (Å²) < 4.78 is 13.2. The third-order valence-electron chi connectivity index (χ3n) is 5.69. The number of benzene rings is 2. The van der Waals surface area contributed by atoms with Crippen LogP contribution >= 0.6 is 22.7 Å². The summed E-state index contributed by atoms with van der Waals surface area (Å²) in [4.78, 5) is 33.0. The van der Waals surface area contributed by atoms with E-state index in [1.807, 2.05) is 72.1 Å². The topological polar surface area (TPSA) is 69.9 Å². The van der Waals surface area contributed by atoms with Gasteiger partial charge in [0.2, 0.25) is 0 Å². The van der Waals surface area contributed by atoms with Gasteiger partial charge in [0.15, 0.2) is 4.80 Å². The first-order valence-corrected chi connectivity index (χ1v) is 12.7. The number of thiazole rings is 1. The second-order valence-corrected chi connectivity index (χ2v) is 9.89. The number of hydrogen-bond acceptors (Lipinski definition) is 7. The Morgan fingerprint density at radius 1 is 1.09 bits per heavy atom. The maximum Gasteiger partial charge on any atom is 0.338 e. The number of rotatable bonds is 6. The highest BCUT2D eigenvalue weighted by Gasteiger charge is 2.34. The predicted octanol–water partition coefficient (Wildman–Crippen LogP) is 4.05. The summed E-state index contributed by atoms with van der Waals surface area (Å²) in [7, 11) is 1.60. The molecule has 8 heteroatoms. The number of allylic oxidation sites excluding steroid dienone is 1. The molecule has 1 aliphatic rings. The number of carbonyl (C=O) groups is 1. The van der Waals surface area contributed by atoms with Crippen LogP contribution in [0.3, 0.4) is 0 Å². The Kier molecular flexibility index (Phi) is 6.48. The molecule has 35 heavy (non-hydrogen) atoms. The molecule has 0 N–H and O–H groups in total. The van der Waals surface area contributed by atoms with E-state index < -0.39 is 12.0 Å². The molecule has 0 amide bonds. The highest BCUT2D eigenvalue weighted by molar-refractivity contribution is 7.10. The number of esters is 1. The van der Waals surface area contributed by atoms with E-state index in [4.69, 9.17) is 9.47 Å². The molecule has 0 spiro atoms. The van der Waals surface area contributed by atoms with Crippen molar-refractivity contribution in [3.63, 3.8) is 0 Å². The zero-order valence-corrected chi connectivity index (χ0v) is 20.8. The average Bonchev–Trinajstić information content (AvgIpc) is 3.51. The minimum absolute atomic E-state index is 0.145. The minimum Gasteiger partial charge on any atom is -0.496 e. The molecule has 176 valence electrons. The van der Waals surface area contributed by atoms with Gasteiger partial charge >= 0.3 is 5.97 Å². The summed E-state index contributed by atoms with van der Waals surface area (Å²) in [5.74, 6) is 0.196. The van der Waals surface area contributed by atoms with E-state index in [1.165, 1.54) is 22.7 Å². The number of para-hydroxylation sites is 1. The molecule has 0 unspecified atom stereocenters. The molecule has 0 bridgehead atoms. The van der Waals surface area contributed by atoms with Gasteiger partial charge in [0, 0.05) is 10.4 Å². The lowest BCUT2D eigenvalue weighted by atomic mass is 10.0. The Morgan fingerprint density at radius 2 is 1.86 bits per heavy atom. The highest BCUT2D eigenvalue weighted by atomic mass is 32.1. The molecule has 1 atom stereocenters. The molecule has 0 fully saturated rings. The normalized spacial score (nSPS) is 15.5. The average molecular weight is 503 g/mol. The second-order valence-electron chi connectivity index (χ2n) is 7.90. The smallest absolute Gasteiger partial charge is 0.338 e. The summed E-state index contributed by atoms with van der Waals surface area (Å²) in [5.41, 5.74) is 2.40. The summed E-state index contributed by atoms with van der Waals surface area (Å²) in [6.45, 7) is 1.93. The van der Waals surface area contributed by atoms with Crippen molar-refractivity contribution in [1.82, 2.24) is 4.57 Å². The van der Waals surface area contributed by atoms with Crippen molar-refractivity contribution in [1.29, 1.82) is 0 Å². The van der Waals surface area contributed by atoms with E-state index in [0.717, 1.165) is 16.0 Å². The van der Waals surface area contributed by atoms with Crippen LogP contribution in [0.2, 0.25) is 0 Å². The van der Waals surface area contributed by atoms with E-state index in [1.54, 1.807) is 24.7 Å². The molecule has 1 aliphatic heterocycles. The number of thiophene rings is 1. The summed E-state index contributed by atoms with van der Waals surface area (Å²) in [5, 5.41) is 1.93. The van der Waals surface area contributed by atoms with Crippen molar-refractivity contribution in [3.05, 3.63) is 119 Å². The Hall–Kier alpha value is -3.75. The zero-order chi connectivity index (χ0) is 24.4. The van der Waals surface area contributed by atoms with Crippen LogP contribution in [0.1, 0.15) is 29.0 Å².